The molecule has 2 aromatic rings. The predicted octanol–water partition coefficient (Wildman–Crippen LogP) is 2.62. The molecule has 0 saturated carbocycles. The molecule has 120 valence electrons. The van der Waals surface area contributed by atoms with Crippen LogP contribution in [0.4, 0.5) is 0 Å². The first kappa shape index (κ1) is 17.0. The Morgan fingerprint density at radius 1 is 0.957 bits per heavy atom. The molecule has 0 bridgehead atoms. The molecule has 0 radical (unpaired) electrons. The highest BCUT2D eigenvalue weighted by atomic mass is 35.5. The fourth-order valence-electron chi connectivity index (χ4n) is 2.14. The van der Waals surface area contributed by atoms with Gasteiger partial charge in [-0.3, -0.25) is 9.59 Å². The summed E-state index contributed by atoms with van der Waals surface area (Å²) in [6, 6.07) is 15.2. The number of halogens is 1. The van der Waals surface area contributed by atoms with E-state index in [1.165, 1.54) is 0 Å². The monoisotopic (exact) mass is 330 g/mol. The Morgan fingerprint density at radius 2 is 1.65 bits per heavy atom. The van der Waals surface area contributed by atoms with E-state index in [0.29, 0.717) is 24.5 Å². The van der Waals surface area contributed by atoms with Crippen LogP contribution in [0.15, 0.2) is 48.5 Å². The average molecular weight is 331 g/mol. The summed E-state index contributed by atoms with van der Waals surface area (Å²) in [5.41, 5.74) is 3.13. The van der Waals surface area contributed by atoms with E-state index >= 15 is 0 Å². The lowest BCUT2D eigenvalue weighted by atomic mass is 10.1. The SMILES string of the molecule is Cc1cccc(CNC(=O)C(=O)NCCc2ccc(Cl)cc2)c1. The standard InChI is InChI=1S/C18H19ClN2O2/c1-13-3-2-4-15(11-13)12-21-18(23)17(22)20-10-9-14-5-7-16(19)8-6-14/h2-8,11H,9-10,12H2,1H3,(H,20,22)(H,21,23). The highest BCUT2D eigenvalue weighted by molar-refractivity contribution is 6.35. The van der Waals surface area contributed by atoms with Crippen LogP contribution in [-0.4, -0.2) is 18.4 Å². The second-order valence-electron chi connectivity index (χ2n) is 5.30. The second-order valence-corrected chi connectivity index (χ2v) is 5.74. The van der Waals surface area contributed by atoms with Crippen molar-refractivity contribution in [1.82, 2.24) is 10.6 Å². The van der Waals surface area contributed by atoms with E-state index in [9.17, 15) is 9.59 Å². The highest BCUT2D eigenvalue weighted by Crippen LogP contribution is 2.09. The lowest BCUT2D eigenvalue weighted by Crippen LogP contribution is -2.40. The van der Waals surface area contributed by atoms with Crippen molar-refractivity contribution in [3.8, 4) is 0 Å². The summed E-state index contributed by atoms with van der Waals surface area (Å²) >= 11 is 5.81. The topological polar surface area (TPSA) is 58.2 Å². The molecule has 0 aliphatic heterocycles. The second kappa shape index (κ2) is 8.34. The molecule has 0 atom stereocenters. The first-order chi connectivity index (χ1) is 11.0. The number of carbonyl (C=O) groups is 2. The quantitative estimate of drug-likeness (QED) is 0.828. The summed E-state index contributed by atoms with van der Waals surface area (Å²) in [4.78, 5) is 23.5. The molecule has 0 spiro atoms. The zero-order valence-electron chi connectivity index (χ0n) is 12.9. The third kappa shape index (κ3) is 5.75. The van der Waals surface area contributed by atoms with Gasteiger partial charge in [-0.2, -0.15) is 0 Å². The Labute approximate surface area is 140 Å². The van der Waals surface area contributed by atoms with Crippen molar-refractivity contribution >= 4 is 23.4 Å². The highest BCUT2D eigenvalue weighted by Gasteiger charge is 2.12. The smallest absolute Gasteiger partial charge is 0.309 e. The molecule has 0 heterocycles. The predicted molar refractivity (Wildman–Crippen MR) is 91.2 cm³/mol. The van der Waals surface area contributed by atoms with Gasteiger partial charge >= 0.3 is 11.8 Å². The molecule has 2 rings (SSSR count). The first-order valence-corrected chi connectivity index (χ1v) is 7.78. The zero-order chi connectivity index (χ0) is 16.7. The van der Waals surface area contributed by atoms with Gasteiger partial charge in [-0.25, -0.2) is 0 Å². The molecule has 2 N–H and O–H groups in total. The zero-order valence-corrected chi connectivity index (χ0v) is 13.7. The van der Waals surface area contributed by atoms with Gasteiger partial charge in [0, 0.05) is 18.1 Å². The number of nitrogens with one attached hydrogen (secondary N) is 2. The van der Waals surface area contributed by atoms with Gasteiger partial charge in [-0.1, -0.05) is 53.6 Å². The summed E-state index contributed by atoms with van der Waals surface area (Å²) < 4.78 is 0. The average Bonchev–Trinajstić information content (AvgIpc) is 2.54. The number of hydrogen-bond donors (Lipinski definition) is 2. The molecule has 5 heteroatoms. The van der Waals surface area contributed by atoms with Crippen LogP contribution in [0, 0.1) is 6.92 Å². The summed E-state index contributed by atoms with van der Waals surface area (Å²) in [6.07, 6.45) is 0.647. The van der Waals surface area contributed by atoms with Gasteiger partial charge in [0.25, 0.3) is 0 Å². The Balaban J connectivity index is 1.72. The third-order valence-corrected chi connectivity index (χ3v) is 3.61. The molecule has 0 aliphatic carbocycles. The van der Waals surface area contributed by atoms with Crippen molar-refractivity contribution in [3.05, 3.63) is 70.2 Å². The molecule has 0 fully saturated rings. The Bertz CT molecular complexity index is 684. The maximum Gasteiger partial charge on any atom is 0.309 e. The summed E-state index contributed by atoms with van der Waals surface area (Å²) in [7, 11) is 0. The molecule has 23 heavy (non-hydrogen) atoms. The van der Waals surface area contributed by atoms with Gasteiger partial charge in [0.1, 0.15) is 0 Å². The minimum atomic E-state index is -0.623. The van der Waals surface area contributed by atoms with Gasteiger partial charge in [0.2, 0.25) is 0 Å². The van der Waals surface area contributed by atoms with Gasteiger partial charge < -0.3 is 10.6 Å². The van der Waals surface area contributed by atoms with Crippen LogP contribution in [-0.2, 0) is 22.6 Å². The number of benzene rings is 2. The number of carbonyl (C=O) groups excluding carboxylic acids is 2. The van der Waals surface area contributed by atoms with Gasteiger partial charge in [-0.05, 0) is 36.6 Å². The Kier molecular flexibility index (Phi) is 6.18. The minimum absolute atomic E-state index is 0.338. The third-order valence-electron chi connectivity index (χ3n) is 3.35. The summed E-state index contributed by atoms with van der Waals surface area (Å²) in [5.74, 6) is -1.24. The number of aryl methyl sites for hydroxylation is 1. The molecule has 0 unspecified atom stereocenters. The fraction of sp³-hybridized carbons (Fsp3) is 0.222. The van der Waals surface area contributed by atoms with E-state index in [1.807, 2.05) is 43.3 Å². The first-order valence-electron chi connectivity index (χ1n) is 7.40. The van der Waals surface area contributed by atoms with Crippen molar-refractivity contribution in [1.29, 1.82) is 0 Å². The van der Waals surface area contributed by atoms with Crippen LogP contribution < -0.4 is 10.6 Å². The molecule has 0 aliphatic rings. The molecule has 0 saturated heterocycles. The van der Waals surface area contributed by atoms with E-state index in [4.69, 9.17) is 11.6 Å². The van der Waals surface area contributed by atoms with Crippen LogP contribution in [0.2, 0.25) is 5.02 Å². The maximum absolute atomic E-state index is 11.7. The Morgan fingerprint density at radius 3 is 2.35 bits per heavy atom. The van der Waals surface area contributed by atoms with Crippen LogP contribution in [0.25, 0.3) is 0 Å². The Hall–Kier alpha value is -2.33. The van der Waals surface area contributed by atoms with Crippen molar-refractivity contribution < 1.29 is 9.59 Å². The molecular formula is C18H19ClN2O2. The van der Waals surface area contributed by atoms with Gasteiger partial charge in [0.15, 0.2) is 0 Å². The van der Waals surface area contributed by atoms with Crippen molar-refractivity contribution in [2.45, 2.75) is 19.9 Å². The molecule has 4 nitrogen and oxygen atoms in total. The van der Waals surface area contributed by atoms with Crippen molar-refractivity contribution in [3.63, 3.8) is 0 Å². The van der Waals surface area contributed by atoms with E-state index in [1.54, 1.807) is 12.1 Å². The maximum atomic E-state index is 11.7. The van der Waals surface area contributed by atoms with Crippen molar-refractivity contribution in [2.24, 2.45) is 0 Å². The fourth-order valence-corrected chi connectivity index (χ4v) is 2.26. The van der Waals surface area contributed by atoms with Gasteiger partial charge in [0.05, 0.1) is 0 Å². The van der Waals surface area contributed by atoms with Gasteiger partial charge in [-0.15, -0.1) is 0 Å². The molecule has 0 aromatic heterocycles. The number of amides is 2. The van der Waals surface area contributed by atoms with E-state index in [2.05, 4.69) is 10.6 Å². The van der Waals surface area contributed by atoms with Crippen LogP contribution in [0.5, 0.6) is 0 Å². The van der Waals surface area contributed by atoms with E-state index < -0.39 is 11.8 Å². The van der Waals surface area contributed by atoms with Crippen molar-refractivity contribution in [2.75, 3.05) is 6.54 Å². The molecule has 2 aromatic carbocycles. The summed E-state index contributed by atoms with van der Waals surface area (Å²) in [6.45, 7) is 2.72. The van der Waals surface area contributed by atoms with Crippen LogP contribution in [0.1, 0.15) is 16.7 Å². The lowest BCUT2D eigenvalue weighted by molar-refractivity contribution is -0.139. The minimum Gasteiger partial charge on any atom is -0.348 e. The molecular weight excluding hydrogens is 312 g/mol. The number of hydrogen-bond acceptors (Lipinski definition) is 2. The van der Waals surface area contributed by atoms with Crippen LogP contribution >= 0.6 is 11.6 Å². The molecule has 2 amide bonds. The normalized spacial score (nSPS) is 10.2. The van der Waals surface area contributed by atoms with Crippen LogP contribution in [0.3, 0.4) is 0 Å². The largest absolute Gasteiger partial charge is 0.348 e. The summed E-state index contributed by atoms with van der Waals surface area (Å²) in [5, 5.41) is 5.90. The lowest BCUT2D eigenvalue weighted by Gasteiger charge is -2.07. The van der Waals surface area contributed by atoms with E-state index in [0.717, 1.165) is 16.7 Å². The van der Waals surface area contributed by atoms with E-state index in [-0.39, 0.29) is 0 Å². The number of rotatable bonds is 5.